The van der Waals surface area contributed by atoms with Gasteiger partial charge in [-0.3, -0.25) is 0 Å². The van der Waals surface area contributed by atoms with E-state index in [1.807, 2.05) is 53.3 Å². The van der Waals surface area contributed by atoms with Gasteiger partial charge >= 0.3 is 0 Å². The first-order valence-corrected chi connectivity index (χ1v) is 12.7. The molecule has 2 heterocycles. The fraction of sp³-hybridized carbons (Fsp3) is 0.318. The molecule has 2 aromatic carbocycles. The number of nitrogens with zero attached hydrogens (tertiary/aromatic N) is 3. The summed E-state index contributed by atoms with van der Waals surface area (Å²) in [4.78, 5) is 2.54. The second kappa shape index (κ2) is 7.38. The Morgan fingerprint density at radius 2 is 1.54 bits per heavy atom. The molecule has 2 aromatic rings. The van der Waals surface area contributed by atoms with Crippen molar-refractivity contribution in [1.29, 1.82) is 0 Å². The SMILES string of the molecule is S=P1(Oc2ccccc2)C2=C(N3CCCC3)CCCC2=NN1c1ccccc1. The van der Waals surface area contributed by atoms with Crippen molar-refractivity contribution in [1.82, 2.24) is 4.90 Å². The monoisotopic (exact) mass is 409 g/mol. The molecule has 3 aliphatic rings. The highest BCUT2D eigenvalue weighted by atomic mass is 32.4. The van der Waals surface area contributed by atoms with Crippen LogP contribution in [0.25, 0.3) is 0 Å². The fourth-order valence-electron chi connectivity index (χ4n) is 4.29. The van der Waals surface area contributed by atoms with Crippen LogP contribution in [0, 0.1) is 0 Å². The molecule has 0 radical (unpaired) electrons. The van der Waals surface area contributed by atoms with Crippen molar-refractivity contribution in [2.24, 2.45) is 5.10 Å². The highest BCUT2D eigenvalue weighted by molar-refractivity contribution is 8.15. The molecule has 4 nitrogen and oxygen atoms in total. The summed E-state index contributed by atoms with van der Waals surface area (Å²) in [6, 6.07) is 20.2. The maximum atomic E-state index is 6.64. The lowest BCUT2D eigenvalue weighted by Gasteiger charge is -2.33. The molecular formula is C22H24N3OPS. The van der Waals surface area contributed by atoms with Crippen molar-refractivity contribution in [2.75, 3.05) is 17.9 Å². The molecule has 0 spiro atoms. The quantitative estimate of drug-likeness (QED) is 0.602. The predicted octanol–water partition coefficient (Wildman–Crippen LogP) is 5.74. The van der Waals surface area contributed by atoms with Gasteiger partial charge in [-0.2, -0.15) is 9.88 Å². The van der Waals surface area contributed by atoms with E-state index in [1.54, 1.807) is 0 Å². The van der Waals surface area contributed by atoms with E-state index in [-0.39, 0.29) is 0 Å². The summed E-state index contributed by atoms with van der Waals surface area (Å²) in [7, 11) is 0. The van der Waals surface area contributed by atoms with Gasteiger partial charge in [0.25, 0.3) is 6.42 Å². The van der Waals surface area contributed by atoms with E-state index in [0.29, 0.717) is 0 Å². The Morgan fingerprint density at radius 3 is 2.25 bits per heavy atom. The lowest BCUT2D eigenvalue weighted by Crippen LogP contribution is -2.25. The number of likely N-dealkylation sites (tertiary alicyclic amines) is 1. The third kappa shape index (κ3) is 3.07. The van der Waals surface area contributed by atoms with Gasteiger partial charge in [0.2, 0.25) is 0 Å². The molecule has 5 rings (SSSR count). The average molecular weight is 409 g/mol. The Hall–Kier alpha value is -2.10. The van der Waals surface area contributed by atoms with E-state index in [2.05, 4.69) is 17.0 Å². The molecule has 6 heteroatoms. The largest absolute Gasteiger partial charge is 0.443 e. The van der Waals surface area contributed by atoms with E-state index in [0.717, 1.165) is 49.5 Å². The Balaban J connectivity index is 1.66. The Kier molecular flexibility index (Phi) is 4.73. The lowest BCUT2D eigenvalue weighted by molar-refractivity contribution is 0.402. The molecule has 1 aliphatic carbocycles. The molecule has 0 aromatic heterocycles. The number of fused-ring (bicyclic) bond motifs is 1. The number of benzene rings is 2. The maximum Gasteiger partial charge on any atom is 0.258 e. The van der Waals surface area contributed by atoms with E-state index in [4.69, 9.17) is 21.4 Å². The van der Waals surface area contributed by atoms with Gasteiger partial charge < -0.3 is 9.42 Å². The normalized spacial score (nSPS) is 24.4. The molecule has 1 atom stereocenters. The second-order valence-electron chi connectivity index (χ2n) is 7.44. The number of hydrazone groups is 1. The van der Waals surface area contributed by atoms with E-state index >= 15 is 0 Å². The summed E-state index contributed by atoms with van der Waals surface area (Å²) in [5.74, 6) is 0.821. The van der Waals surface area contributed by atoms with Gasteiger partial charge in [-0.1, -0.05) is 36.4 Å². The van der Waals surface area contributed by atoms with Crippen LogP contribution >= 0.6 is 6.42 Å². The number of hydrogen-bond donors (Lipinski definition) is 0. The predicted molar refractivity (Wildman–Crippen MR) is 119 cm³/mol. The molecular weight excluding hydrogens is 385 g/mol. The van der Waals surface area contributed by atoms with Crippen molar-refractivity contribution < 1.29 is 4.52 Å². The van der Waals surface area contributed by atoms with Crippen molar-refractivity contribution in [3.63, 3.8) is 0 Å². The zero-order chi connectivity index (χ0) is 19.0. The van der Waals surface area contributed by atoms with Crippen molar-refractivity contribution in [3.8, 4) is 5.75 Å². The minimum atomic E-state index is -2.56. The second-order valence-corrected chi connectivity index (χ2v) is 11.0. The van der Waals surface area contributed by atoms with Gasteiger partial charge in [-0.15, -0.1) is 0 Å². The van der Waals surface area contributed by atoms with Gasteiger partial charge in [-0.25, -0.2) is 0 Å². The van der Waals surface area contributed by atoms with Gasteiger partial charge in [-0.05, 0) is 68.2 Å². The van der Waals surface area contributed by atoms with Gasteiger partial charge in [0.1, 0.15) is 5.75 Å². The zero-order valence-corrected chi connectivity index (χ0v) is 17.5. The number of allylic oxidation sites excluding steroid dienone is 2. The summed E-state index contributed by atoms with van der Waals surface area (Å²) >= 11 is 6.38. The zero-order valence-electron chi connectivity index (χ0n) is 15.8. The van der Waals surface area contributed by atoms with E-state index < -0.39 is 6.42 Å². The highest BCUT2D eigenvalue weighted by Crippen LogP contribution is 2.66. The minimum Gasteiger partial charge on any atom is -0.443 e. The first-order valence-electron chi connectivity index (χ1n) is 10.0. The summed E-state index contributed by atoms with van der Waals surface area (Å²) in [6.07, 6.45) is 3.14. The topological polar surface area (TPSA) is 28.1 Å². The molecule has 0 saturated carbocycles. The number of hydrogen-bond acceptors (Lipinski definition) is 4. The first-order chi connectivity index (χ1) is 13.8. The Morgan fingerprint density at radius 1 is 0.857 bits per heavy atom. The molecule has 0 N–H and O–H groups in total. The van der Waals surface area contributed by atoms with Crippen LogP contribution in [0.3, 0.4) is 0 Å². The fourth-order valence-corrected chi connectivity index (χ4v) is 8.07. The highest BCUT2D eigenvalue weighted by Gasteiger charge is 2.46. The van der Waals surface area contributed by atoms with Gasteiger partial charge in [0.05, 0.1) is 16.7 Å². The Labute approximate surface area is 171 Å². The average Bonchev–Trinajstić information content (AvgIpc) is 3.37. The van der Waals surface area contributed by atoms with Crippen LogP contribution in [-0.2, 0) is 11.8 Å². The third-order valence-corrected chi connectivity index (χ3v) is 9.16. The van der Waals surface area contributed by atoms with Crippen molar-refractivity contribution >= 4 is 29.6 Å². The van der Waals surface area contributed by atoms with Gasteiger partial charge in [0.15, 0.2) is 0 Å². The first kappa shape index (κ1) is 18.0. The van der Waals surface area contributed by atoms with Gasteiger partial charge in [0, 0.05) is 18.8 Å². The van der Waals surface area contributed by atoms with Crippen molar-refractivity contribution in [3.05, 3.63) is 71.7 Å². The molecule has 144 valence electrons. The number of anilines is 1. The summed E-state index contributed by atoms with van der Waals surface area (Å²) in [6.45, 7) is 2.25. The standard InChI is InChI=1S/C22H24N3OPS/c28-27(26-19-12-5-2-6-13-19)22-20(23-25(27)18-10-3-1-4-11-18)14-9-15-21(22)24-16-7-8-17-24/h1-6,10-13H,7-9,14-17H2. The van der Waals surface area contributed by atoms with Crippen LogP contribution in [0.1, 0.15) is 32.1 Å². The minimum absolute atomic E-state index is 0.821. The molecule has 0 amide bonds. The molecule has 1 unspecified atom stereocenters. The molecule has 28 heavy (non-hydrogen) atoms. The molecule has 1 fully saturated rings. The Bertz CT molecular complexity index is 968. The van der Waals surface area contributed by atoms with Crippen LogP contribution in [0.4, 0.5) is 5.69 Å². The lowest BCUT2D eigenvalue weighted by atomic mass is 10.0. The van der Waals surface area contributed by atoms with Crippen LogP contribution in [0.15, 0.2) is 76.8 Å². The summed E-state index contributed by atoms with van der Waals surface area (Å²) in [5.41, 5.74) is 3.54. The van der Waals surface area contributed by atoms with Crippen LogP contribution in [0.2, 0.25) is 0 Å². The number of rotatable bonds is 4. The van der Waals surface area contributed by atoms with Crippen LogP contribution in [0.5, 0.6) is 5.75 Å². The van der Waals surface area contributed by atoms with Crippen LogP contribution < -0.4 is 9.30 Å². The maximum absolute atomic E-state index is 6.64. The molecule has 1 saturated heterocycles. The smallest absolute Gasteiger partial charge is 0.258 e. The summed E-state index contributed by atoms with van der Waals surface area (Å²) in [5, 5.41) is 6.25. The third-order valence-electron chi connectivity index (χ3n) is 5.57. The number of para-hydroxylation sites is 2. The van der Waals surface area contributed by atoms with Crippen molar-refractivity contribution in [2.45, 2.75) is 32.1 Å². The summed E-state index contributed by atoms with van der Waals surface area (Å²) < 4.78 is 8.66. The molecule has 0 bridgehead atoms. The van der Waals surface area contributed by atoms with Crippen LogP contribution in [-0.4, -0.2) is 23.7 Å². The van der Waals surface area contributed by atoms with E-state index in [9.17, 15) is 0 Å². The molecule has 2 aliphatic heterocycles. The van der Waals surface area contributed by atoms with E-state index in [1.165, 1.54) is 23.9 Å².